The quantitative estimate of drug-likeness (QED) is 0.686. The molecular weight excluding hydrogens is 364 g/mol. The number of hydrogen-bond donors (Lipinski definition) is 2. The molecule has 0 spiro atoms. The van der Waals surface area contributed by atoms with Gasteiger partial charge < -0.3 is 10.4 Å². The number of phenols is 1. The lowest BCUT2D eigenvalue weighted by Gasteiger charge is -2.38. The zero-order valence-electron chi connectivity index (χ0n) is 16.4. The van der Waals surface area contributed by atoms with E-state index in [4.69, 9.17) is 10.1 Å². The molecule has 2 N–H and O–H groups in total. The number of nitrogens with zero attached hydrogens (tertiary/aromatic N) is 3. The number of ketones is 1. The van der Waals surface area contributed by atoms with Gasteiger partial charge in [-0.1, -0.05) is 56.3 Å². The molecule has 0 amide bonds. The van der Waals surface area contributed by atoms with Crippen LogP contribution in [0.15, 0.2) is 65.9 Å². The van der Waals surface area contributed by atoms with E-state index in [1.807, 2.05) is 36.4 Å². The van der Waals surface area contributed by atoms with Crippen LogP contribution in [0.1, 0.15) is 38.3 Å². The van der Waals surface area contributed by atoms with Crippen LogP contribution in [0, 0.1) is 5.41 Å². The summed E-state index contributed by atoms with van der Waals surface area (Å²) >= 11 is 0. The first-order valence-electron chi connectivity index (χ1n) is 9.75. The summed E-state index contributed by atoms with van der Waals surface area (Å²) in [6.45, 7) is 4.21. The largest absolute Gasteiger partial charge is 0.508 e. The van der Waals surface area contributed by atoms with Crippen molar-refractivity contribution in [1.29, 1.82) is 0 Å². The number of carbonyl (C=O) groups is 1. The fourth-order valence-electron chi connectivity index (χ4n) is 4.32. The lowest BCUT2D eigenvalue weighted by molar-refractivity contribution is -0.118. The highest BCUT2D eigenvalue weighted by molar-refractivity contribution is 6.00. The lowest BCUT2D eigenvalue weighted by Crippen LogP contribution is -2.36. The predicted octanol–water partition coefficient (Wildman–Crippen LogP) is 4.31. The Morgan fingerprint density at radius 3 is 2.66 bits per heavy atom. The molecule has 1 atom stereocenters. The van der Waals surface area contributed by atoms with E-state index in [0.717, 1.165) is 23.2 Å². The fraction of sp³-hybridized carbons (Fsp3) is 0.261. The maximum atomic E-state index is 13.2. The second-order valence-electron chi connectivity index (χ2n) is 8.53. The summed E-state index contributed by atoms with van der Waals surface area (Å²) in [6, 6.07) is 16.4. The number of Topliss-reactive ketones (excluding diaryl/α,β-unsaturated/α-hetero) is 1. The number of phenolic OH excluding ortho intramolecular Hbond substituents is 1. The maximum absolute atomic E-state index is 13.2. The van der Waals surface area contributed by atoms with Crippen LogP contribution in [0.4, 0.5) is 5.95 Å². The van der Waals surface area contributed by atoms with Crippen molar-refractivity contribution in [2.75, 3.05) is 5.32 Å². The van der Waals surface area contributed by atoms with E-state index in [1.165, 1.54) is 0 Å². The van der Waals surface area contributed by atoms with Crippen LogP contribution < -0.4 is 5.32 Å². The third kappa shape index (κ3) is 3.01. The number of aromatic nitrogens is 3. The Bertz CT molecular complexity index is 1140. The number of aromatic hydroxyl groups is 1. The van der Waals surface area contributed by atoms with E-state index in [1.54, 1.807) is 22.9 Å². The molecule has 3 aromatic rings. The standard InChI is InChI=1S/C23H22N4O2/c1-23(2)12-17-19(18(29)13-23)20(15-9-6-10-16(28)11-15)27-22(24-17)25-21(26-27)14-7-4-3-5-8-14/h3-11,20,28H,12-13H2,1-2H3,(H,24,25,26)/t20-/m0/s1. The van der Waals surface area contributed by atoms with Gasteiger partial charge in [-0.3, -0.25) is 4.79 Å². The Kier molecular flexibility index (Phi) is 3.84. The van der Waals surface area contributed by atoms with E-state index in [0.29, 0.717) is 23.8 Å². The number of anilines is 1. The third-order valence-corrected chi connectivity index (χ3v) is 5.55. The Morgan fingerprint density at radius 1 is 1.10 bits per heavy atom. The maximum Gasteiger partial charge on any atom is 0.226 e. The molecule has 0 unspecified atom stereocenters. The summed E-state index contributed by atoms with van der Waals surface area (Å²) in [6.07, 6.45) is 1.25. The minimum Gasteiger partial charge on any atom is -0.508 e. The Labute approximate surface area is 168 Å². The van der Waals surface area contributed by atoms with Crippen LogP contribution in [0.3, 0.4) is 0 Å². The van der Waals surface area contributed by atoms with Crippen molar-refractivity contribution >= 4 is 11.7 Å². The summed E-state index contributed by atoms with van der Waals surface area (Å²) in [5, 5.41) is 18.2. The Hall–Kier alpha value is -3.41. The van der Waals surface area contributed by atoms with E-state index in [2.05, 4.69) is 19.2 Å². The van der Waals surface area contributed by atoms with Gasteiger partial charge >= 0.3 is 0 Å². The van der Waals surface area contributed by atoms with Gasteiger partial charge in [0.15, 0.2) is 11.6 Å². The highest BCUT2D eigenvalue weighted by Crippen LogP contribution is 2.45. The molecule has 0 radical (unpaired) electrons. The average molecular weight is 386 g/mol. The Morgan fingerprint density at radius 2 is 1.90 bits per heavy atom. The zero-order valence-corrected chi connectivity index (χ0v) is 16.4. The molecule has 5 rings (SSSR count). The molecule has 29 heavy (non-hydrogen) atoms. The molecule has 2 aromatic carbocycles. The predicted molar refractivity (Wildman–Crippen MR) is 110 cm³/mol. The topological polar surface area (TPSA) is 80.0 Å². The minimum absolute atomic E-state index is 0.111. The van der Waals surface area contributed by atoms with Crippen molar-refractivity contribution < 1.29 is 9.90 Å². The number of carbonyl (C=O) groups excluding carboxylic acids is 1. The number of hydrogen-bond acceptors (Lipinski definition) is 5. The molecule has 146 valence electrons. The van der Waals surface area contributed by atoms with Crippen molar-refractivity contribution in [3.05, 3.63) is 71.4 Å². The number of fused-ring (bicyclic) bond motifs is 1. The summed E-state index contributed by atoms with van der Waals surface area (Å²) < 4.78 is 1.77. The van der Waals surface area contributed by atoms with Crippen LogP contribution in [0.5, 0.6) is 5.75 Å². The summed E-state index contributed by atoms with van der Waals surface area (Å²) in [5.74, 6) is 1.49. The first-order valence-corrected chi connectivity index (χ1v) is 9.75. The van der Waals surface area contributed by atoms with Crippen LogP contribution in [-0.2, 0) is 4.79 Å². The van der Waals surface area contributed by atoms with Crippen LogP contribution >= 0.6 is 0 Å². The van der Waals surface area contributed by atoms with E-state index in [-0.39, 0.29) is 16.9 Å². The molecule has 1 aliphatic carbocycles. The number of nitrogens with one attached hydrogen (secondary N) is 1. The summed E-state index contributed by atoms with van der Waals surface area (Å²) in [4.78, 5) is 17.9. The second kappa shape index (κ2) is 6.30. The number of rotatable bonds is 2. The highest BCUT2D eigenvalue weighted by Gasteiger charge is 2.41. The van der Waals surface area contributed by atoms with E-state index >= 15 is 0 Å². The van der Waals surface area contributed by atoms with Gasteiger partial charge in [-0.25, -0.2) is 4.68 Å². The van der Waals surface area contributed by atoms with Gasteiger partial charge in [-0.05, 0) is 29.5 Å². The van der Waals surface area contributed by atoms with Crippen molar-refractivity contribution in [2.24, 2.45) is 5.41 Å². The minimum atomic E-state index is -0.415. The first-order chi connectivity index (χ1) is 13.9. The van der Waals surface area contributed by atoms with Gasteiger partial charge in [0.25, 0.3) is 0 Å². The molecule has 6 nitrogen and oxygen atoms in total. The molecule has 6 heteroatoms. The van der Waals surface area contributed by atoms with Gasteiger partial charge in [-0.2, -0.15) is 4.98 Å². The van der Waals surface area contributed by atoms with Crippen molar-refractivity contribution in [1.82, 2.24) is 14.8 Å². The molecule has 0 fully saturated rings. The van der Waals surface area contributed by atoms with Gasteiger partial charge in [0.1, 0.15) is 11.8 Å². The molecule has 0 bridgehead atoms. The molecule has 1 aliphatic heterocycles. The number of allylic oxidation sites excluding steroid dienone is 2. The third-order valence-electron chi connectivity index (χ3n) is 5.55. The monoisotopic (exact) mass is 386 g/mol. The Balaban J connectivity index is 1.70. The first kappa shape index (κ1) is 17.7. The van der Waals surface area contributed by atoms with Gasteiger partial charge in [0.05, 0.1) is 0 Å². The van der Waals surface area contributed by atoms with Crippen LogP contribution in [-0.4, -0.2) is 25.7 Å². The summed E-state index contributed by atoms with van der Waals surface area (Å²) in [7, 11) is 0. The molecule has 2 heterocycles. The fourth-order valence-corrected chi connectivity index (χ4v) is 4.32. The van der Waals surface area contributed by atoms with Crippen molar-refractivity contribution in [2.45, 2.75) is 32.7 Å². The SMILES string of the molecule is CC1(C)CC(=O)C2=C(C1)Nc1nc(-c3ccccc3)nn1[C@H]2c1cccc(O)c1. The van der Waals surface area contributed by atoms with Gasteiger partial charge in [0.2, 0.25) is 5.95 Å². The highest BCUT2D eigenvalue weighted by atomic mass is 16.3. The number of benzene rings is 2. The van der Waals surface area contributed by atoms with Crippen molar-refractivity contribution in [3.63, 3.8) is 0 Å². The molecular formula is C23H22N4O2. The molecule has 1 aromatic heterocycles. The smallest absolute Gasteiger partial charge is 0.226 e. The van der Waals surface area contributed by atoms with Gasteiger partial charge in [-0.15, -0.1) is 5.10 Å². The normalized spacial score (nSPS) is 20.1. The summed E-state index contributed by atoms with van der Waals surface area (Å²) in [5.41, 5.74) is 3.23. The molecule has 2 aliphatic rings. The van der Waals surface area contributed by atoms with E-state index < -0.39 is 6.04 Å². The van der Waals surface area contributed by atoms with Crippen LogP contribution in [0.25, 0.3) is 11.4 Å². The van der Waals surface area contributed by atoms with Crippen LogP contribution in [0.2, 0.25) is 0 Å². The zero-order chi connectivity index (χ0) is 20.2. The molecule has 0 saturated carbocycles. The lowest BCUT2D eigenvalue weighted by atomic mass is 9.73. The average Bonchev–Trinajstić information content (AvgIpc) is 3.09. The van der Waals surface area contributed by atoms with Gasteiger partial charge in [0, 0.05) is 23.3 Å². The van der Waals surface area contributed by atoms with E-state index in [9.17, 15) is 9.90 Å². The van der Waals surface area contributed by atoms with Crippen molar-refractivity contribution in [3.8, 4) is 17.1 Å². The molecule has 0 saturated heterocycles. The second-order valence-corrected chi connectivity index (χ2v) is 8.53.